The van der Waals surface area contributed by atoms with Crippen LogP contribution in [-0.2, 0) is 9.84 Å². The van der Waals surface area contributed by atoms with E-state index in [9.17, 15) is 13.7 Å². The van der Waals surface area contributed by atoms with E-state index in [0.717, 1.165) is 5.56 Å². The molecule has 7 heteroatoms. The van der Waals surface area contributed by atoms with Crippen LogP contribution in [0.3, 0.4) is 0 Å². The van der Waals surface area contributed by atoms with E-state index in [1.807, 2.05) is 5.38 Å². The monoisotopic (exact) mass is 356 g/mol. The van der Waals surface area contributed by atoms with Gasteiger partial charge in [-0.05, 0) is 24.3 Å². The van der Waals surface area contributed by atoms with Gasteiger partial charge in [-0.3, -0.25) is 0 Å². The average Bonchev–Trinajstić information content (AvgIpc) is 3.23. The molecule has 0 atom stereocenters. The van der Waals surface area contributed by atoms with Crippen LogP contribution < -0.4 is 0 Å². The predicted octanol–water partition coefficient (Wildman–Crippen LogP) is 3.87. The third kappa shape index (κ3) is 3.45. The molecular formula is C17H12N2O3S2. The molecule has 0 bridgehead atoms. The summed E-state index contributed by atoms with van der Waals surface area (Å²) in [6.07, 6.45) is 4.34. The molecule has 0 amide bonds. The summed E-state index contributed by atoms with van der Waals surface area (Å²) in [5.74, 6) is 0.584. The van der Waals surface area contributed by atoms with Crippen molar-refractivity contribution in [2.24, 2.45) is 0 Å². The molecule has 0 aliphatic carbocycles. The van der Waals surface area contributed by atoms with Crippen molar-refractivity contribution in [2.75, 3.05) is 6.26 Å². The first kappa shape index (κ1) is 16.2. The van der Waals surface area contributed by atoms with Gasteiger partial charge in [-0.25, -0.2) is 13.4 Å². The summed E-state index contributed by atoms with van der Waals surface area (Å²) in [6.45, 7) is 0. The highest BCUT2D eigenvalue weighted by atomic mass is 32.2. The first-order valence-electron chi connectivity index (χ1n) is 6.89. The summed E-state index contributed by atoms with van der Waals surface area (Å²) in [7, 11) is -3.22. The molecule has 0 spiro atoms. The minimum absolute atomic E-state index is 0.261. The molecule has 3 rings (SSSR count). The van der Waals surface area contributed by atoms with E-state index < -0.39 is 9.84 Å². The molecule has 0 saturated carbocycles. The van der Waals surface area contributed by atoms with Crippen molar-refractivity contribution in [3.05, 3.63) is 58.8 Å². The van der Waals surface area contributed by atoms with Gasteiger partial charge in [0.05, 0.1) is 22.4 Å². The number of allylic oxidation sites excluding steroid dienone is 1. The number of sulfone groups is 1. The van der Waals surface area contributed by atoms with Crippen LogP contribution in [-0.4, -0.2) is 19.7 Å². The highest BCUT2D eigenvalue weighted by molar-refractivity contribution is 7.90. The topological polar surface area (TPSA) is 84.0 Å². The van der Waals surface area contributed by atoms with Gasteiger partial charge < -0.3 is 4.42 Å². The molecule has 0 N–H and O–H groups in total. The molecule has 120 valence electrons. The molecule has 0 radical (unpaired) electrons. The predicted molar refractivity (Wildman–Crippen MR) is 92.9 cm³/mol. The second-order valence-corrected chi connectivity index (χ2v) is 7.89. The SMILES string of the molecule is CS(=O)(=O)c1ccc(-c2csc(C(C#N)=Cc3ccco3)n2)cc1. The number of aromatic nitrogens is 1. The molecule has 2 aromatic heterocycles. The lowest BCUT2D eigenvalue weighted by Crippen LogP contribution is -1.96. The van der Waals surface area contributed by atoms with Gasteiger partial charge in [-0.1, -0.05) is 12.1 Å². The standard InChI is InChI=1S/C17H12N2O3S2/c1-24(20,21)15-6-4-12(5-7-15)16-11-23-17(19-16)13(10-18)9-14-3-2-8-22-14/h2-9,11H,1H3. The number of nitriles is 1. The highest BCUT2D eigenvalue weighted by Crippen LogP contribution is 2.28. The van der Waals surface area contributed by atoms with E-state index in [-0.39, 0.29) is 4.90 Å². The summed E-state index contributed by atoms with van der Waals surface area (Å²) in [6, 6.07) is 12.1. The van der Waals surface area contributed by atoms with Crippen molar-refractivity contribution in [3.8, 4) is 17.3 Å². The molecule has 0 unspecified atom stereocenters. The number of hydrogen-bond donors (Lipinski definition) is 0. The van der Waals surface area contributed by atoms with Crippen molar-refractivity contribution in [2.45, 2.75) is 4.90 Å². The van der Waals surface area contributed by atoms with Gasteiger partial charge in [0.15, 0.2) is 9.84 Å². The zero-order valence-corrected chi connectivity index (χ0v) is 14.3. The Balaban J connectivity index is 1.92. The third-order valence-electron chi connectivity index (χ3n) is 3.26. The summed E-state index contributed by atoms with van der Waals surface area (Å²) >= 11 is 1.35. The van der Waals surface area contributed by atoms with Crippen LogP contribution in [0.2, 0.25) is 0 Å². The Morgan fingerprint density at radius 2 is 2.04 bits per heavy atom. The van der Waals surface area contributed by atoms with E-state index in [0.29, 0.717) is 22.0 Å². The number of rotatable bonds is 4. The van der Waals surface area contributed by atoms with Crippen LogP contribution in [0, 0.1) is 11.3 Å². The van der Waals surface area contributed by atoms with Crippen LogP contribution in [0.1, 0.15) is 10.8 Å². The highest BCUT2D eigenvalue weighted by Gasteiger charge is 2.11. The smallest absolute Gasteiger partial charge is 0.175 e. The number of benzene rings is 1. The van der Waals surface area contributed by atoms with Crippen molar-refractivity contribution in [1.29, 1.82) is 5.26 Å². The zero-order chi connectivity index (χ0) is 17.2. The first-order valence-corrected chi connectivity index (χ1v) is 9.66. The van der Waals surface area contributed by atoms with E-state index in [2.05, 4.69) is 11.1 Å². The lowest BCUT2D eigenvalue weighted by molar-refractivity contribution is 0.557. The minimum atomic E-state index is -3.22. The fourth-order valence-corrected chi connectivity index (χ4v) is 3.49. The van der Waals surface area contributed by atoms with Crippen molar-refractivity contribution in [1.82, 2.24) is 4.98 Å². The third-order valence-corrected chi connectivity index (χ3v) is 5.27. The minimum Gasteiger partial charge on any atom is -0.465 e. The number of furan rings is 1. The normalized spacial score (nSPS) is 12.1. The molecule has 0 aliphatic rings. The van der Waals surface area contributed by atoms with E-state index in [1.54, 1.807) is 42.5 Å². The van der Waals surface area contributed by atoms with Crippen LogP contribution >= 0.6 is 11.3 Å². The van der Waals surface area contributed by atoms with Crippen LogP contribution in [0.25, 0.3) is 22.9 Å². The fraction of sp³-hybridized carbons (Fsp3) is 0.0588. The fourth-order valence-electron chi connectivity index (χ4n) is 2.06. The van der Waals surface area contributed by atoms with Gasteiger partial charge in [-0.2, -0.15) is 5.26 Å². The first-order chi connectivity index (χ1) is 11.5. The van der Waals surface area contributed by atoms with Crippen molar-refractivity contribution >= 4 is 32.8 Å². The Morgan fingerprint density at radius 1 is 1.29 bits per heavy atom. The Bertz CT molecular complexity index is 1020. The van der Waals surface area contributed by atoms with Gasteiger partial charge in [-0.15, -0.1) is 11.3 Å². The molecule has 0 aliphatic heterocycles. The molecule has 2 heterocycles. The number of thiazole rings is 1. The van der Waals surface area contributed by atoms with Gasteiger partial charge in [0, 0.05) is 23.3 Å². The summed E-state index contributed by atoms with van der Waals surface area (Å²) in [4.78, 5) is 4.72. The Labute approximate surface area is 143 Å². The maximum atomic E-state index is 11.5. The van der Waals surface area contributed by atoms with Gasteiger partial charge in [0.2, 0.25) is 0 Å². The molecular weight excluding hydrogens is 344 g/mol. The molecule has 5 nitrogen and oxygen atoms in total. The van der Waals surface area contributed by atoms with Gasteiger partial charge in [0.25, 0.3) is 0 Å². The molecule has 0 fully saturated rings. The molecule has 1 aromatic carbocycles. The lowest BCUT2D eigenvalue weighted by atomic mass is 10.2. The van der Waals surface area contributed by atoms with Crippen LogP contribution in [0.5, 0.6) is 0 Å². The number of nitrogens with zero attached hydrogens (tertiary/aromatic N) is 2. The summed E-state index contributed by atoms with van der Waals surface area (Å²) < 4.78 is 28.2. The number of hydrogen-bond acceptors (Lipinski definition) is 6. The molecule has 24 heavy (non-hydrogen) atoms. The average molecular weight is 356 g/mol. The Morgan fingerprint density at radius 3 is 2.62 bits per heavy atom. The summed E-state index contributed by atoms with van der Waals surface area (Å²) in [5.41, 5.74) is 1.89. The van der Waals surface area contributed by atoms with E-state index in [1.165, 1.54) is 23.9 Å². The van der Waals surface area contributed by atoms with Crippen molar-refractivity contribution in [3.63, 3.8) is 0 Å². The zero-order valence-electron chi connectivity index (χ0n) is 12.6. The van der Waals surface area contributed by atoms with Crippen molar-refractivity contribution < 1.29 is 12.8 Å². The molecule has 3 aromatic rings. The lowest BCUT2D eigenvalue weighted by Gasteiger charge is -2.00. The maximum Gasteiger partial charge on any atom is 0.175 e. The van der Waals surface area contributed by atoms with Crippen LogP contribution in [0.15, 0.2) is 57.4 Å². The Kier molecular flexibility index (Phi) is 4.34. The quantitative estimate of drug-likeness (QED) is 0.663. The largest absolute Gasteiger partial charge is 0.465 e. The summed E-state index contributed by atoms with van der Waals surface area (Å²) in [5, 5.41) is 11.7. The van der Waals surface area contributed by atoms with Crippen LogP contribution in [0.4, 0.5) is 0 Å². The second-order valence-electron chi connectivity index (χ2n) is 5.02. The van der Waals surface area contributed by atoms with E-state index in [4.69, 9.17) is 4.42 Å². The maximum absolute atomic E-state index is 11.5. The Hall–Kier alpha value is -2.69. The van der Waals surface area contributed by atoms with Gasteiger partial charge >= 0.3 is 0 Å². The van der Waals surface area contributed by atoms with Gasteiger partial charge in [0.1, 0.15) is 16.8 Å². The molecule has 0 saturated heterocycles. The van der Waals surface area contributed by atoms with E-state index >= 15 is 0 Å². The second kappa shape index (κ2) is 6.43.